The van der Waals surface area contributed by atoms with E-state index in [0.717, 1.165) is 0 Å². The lowest BCUT2D eigenvalue weighted by Crippen LogP contribution is -1.92. The average molecular weight is 220 g/mol. The van der Waals surface area contributed by atoms with Crippen LogP contribution in [0.2, 0.25) is 0 Å². The standard InChI is InChI=1S/C8H6BrF2/c1-2-6-7(10)3-5(9)4-8(6)11/h3-4H,1-2H2. The first-order valence-electron chi connectivity index (χ1n) is 3.08. The molecule has 0 amide bonds. The Morgan fingerprint density at radius 3 is 2.09 bits per heavy atom. The van der Waals surface area contributed by atoms with E-state index in [4.69, 9.17) is 0 Å². The van der Waals surface area contributed by atoms with Crippen molar-refractivity contribution in [1.29, 1.82) is 0 Å². The van der Waals surface area contributed by atoms with Gasteiger partial charge in [-0.15, -0.1) is 0 Å². The molecule has 0 bridgehead atoms. The van der Waals surface area contributed by atoms with Crippen molar-refractivity contribution in [2.45, 2.75) is 6.42 Å². The first-order chi connectivity index (χ1) is 5.15. The maximum Gasteiger partial charge on any atom is 0.130 e. The molecule has 1 rings (SSSR count). The van der Waals surface area contributed by atoms with Gasteiger partial charge in [0, 0.05) is 10.0 Å². The number of benzene rings is 1. The molecule has 59 valence electrons. The minimum absolute atomic E-state index is 0.0354. The average Bonchev–Trinajstić information content (AvgIpc) is 1.85. The first kappa shape index (κ1) is 8.65. The molecule has 0 aliphatic rings. The van der Waals surface area contributed by atoms with Crippen LogP contribution in [0.5, 0.6) is 0 Å². The van der Waals surface area contributed by atoms with Gasteiger partial charge in [0.1, 0.15) is 11.6 Å². The summed E-state index contributed by atoms with van der Waals surface area (Å²) in [6.07, 6.45) is 0.130. The van der Waals surface area contributed by atoms with Gasteiger partial charge < -0.3 is 0 Å². The highest BCUT2D eigenvalue weighted by Crippen LogP contribution is 2.19. The molecule has 1 aromatic carbocycles. The fourth-order valence-electron chi connectivity index (χ4n) is 0.811. The molecule has 0 heterocycles. The van der Waals surface area contributed by atoms with Crippen LogP contribution in [0.3, 0.4) is 0 Å². The Morgan fingerprint density at radius 2 is 1.73 bits per heavy atom. The van der Waals surface area contributed by atoms with Gasteiger partial charge in [-0.2, -0.15) is 0 Å². The van der Waals surface area contributed by atoms with E-state index in [1.54, 1.807) is 0 Å². The molecule has 0 saturated carbocycles. The van der Waals surface area contributed by atoms with E-state index in [1.807, 2.05) is 0 Å². The van der Waals surface area contributed by atoms with Crippen LogP contribution in [0.4, 0.5) is 8.78 Å². The van der Waals surface area contributed by atoms with Crippen LogP contribution in [-0.2, 0) is 6.42 Å². The van der Waals surface area contributed by atoms with Gasteiger partial charge in [0.25, 0.3) is 0 Å². The van der Waals surface area contributed by atoms with Crippen molar-refractivity contribution in [3.63, 3.8) is 0 Å². The summed E-state index contributed by atoms with van der Waals surface area (Å²) in [6, 6.07) is 2.45. The summed E-state index contributed by atoms with van der Waals surface area (Å²) in [4.78, 5) is 0. The molecule has 0 unspecified atom stereocenters. The molecule has 1 radical (unpaired) electrons. The van der Waals surface area contributed by atoms with Crippen molar-refractivity contribution < 1.29 is 8.78 Å². The van der Waals surface area contributed by atoms with Gasteiger partial charge in [-0.25, -0.2) is 8.78 Å². The van der Waals surface area contributed by atoms with Crippen molar-refractivity contribution in [2.75, 3.05) is 0 Å². The fourth-order valence-corrected chi connectivity index (χ4v) is 1.21. The first-order valence-corrected chi connectivity index (χ1v) is 3.87. The van der Waals surface area contributed by atoms with Crippen LogP contribution in [0, 0.1) is 18.6 Å². The van der Waals surface area contributed by atoms with E-state index in [9.17, 15) is 8.78 Å². The SMILES string of the molecule is [CH2]Cc1c(F)cc(Br)cc1F. The van der Waals surface area contributed by atoms with Crippen molar-refractivity contribution in [2.24, 2.45) is 0 Å². The topological polar surface area (TPSA) is 0 Å². The predicted octanol–water partition coefficient (Wildman–Crippen LogP) is 3.10. The third-order valence-electron chi connectivity index (χ3n) is 1.36. The maximum absolute atomic E-state index is 12.8. The molecule has 11 heavy (non-hydrogen) atoms. The molecular weight excluding hydrogens is 214 g/mol. The zero-order valence-electron chi connectivity index (χ0n) is 5.70. The molecule has 3 heteroatoms. The molecule has 0 aromatic heterocycles. The predicted molar refractivity (Wildman–Crippen MR) is 43.1 cm³/mol. The molecule has 0 fully saturated rings. The van der Waals surface area contributed by atoms with Gasteiger partial charge in [0.15, 0.2) is 0 Å². The molecule has 0 aliphatic heterocycles. The second-order valence-electron chi connectivity index (χ2n) is 2.10. The second kappa shape index (κ2) is 3.30. The Bertz CT molecular complexity index is 248. The van der Waals surface area contributed by atoms with Gasteiger partial charge in [-0.1, -0.05) is 15.9 Å². The largest absolute Gasteiger partial charge is 0.207 e. The van der Waals surface area contributed by atoms with Crippen molar-refractivity contribution >= 4 is 15.9 Å². The number of hydrogen-bond acceptors (Lipinski definition) is 0. The van der Waals surface area contributed by atoms with Crippen molar-refractivity contribution in [3.05, 3.63) is 40.7 Å². The number of halogens is 3. The van der Waals surface area contributed by atoms with Gasteiger partial charge in [-0.3, -0.25) is 0 Å². The summed E-state index contributed by atoms with van der Waals surface area (Å²) in [7, 11) is 0. The van der Waals surface area contributed by atoms with E-state index in [0.29, 0.717) is 4.47 Å². The summed E-state index contributed by atoms with van der Waals surface area (Å²) in [6.45, 7) is 3.41. The van der Waals surface area contributed by atoms with E-state index in [1.165, 1.54) is 12.1 Å². The highest BCUT2D eigenvalue weighted by molar-refractivity contribution is 9.10. The Kier molecular flexibility index (Phi) is 2.60. The third kappa shape index (κ3) is 1.77. The zero-order valence-corrected chi connectivity index (χ0v) is 7.29. The lowest BCUT2D eigenvalue weighted by atomic mass is 10.1. The minimum Gasteiger partial charge on any atom is -0.207 e. The van der Waals surface area contributed by atoms with Crippen molar-refractivity contribution in [1.82, 2.24) is 0 Å². The van der Waals surface area contributed by atoms with Gasteiger partial charge in [0.05, 0.1) is 0 Å². The quantitative estimate of drug-likeness (QED) is 0.682. The lowest BCUT2D eigenvalue weighted by Gasteiger charge is -2.01. The molecule has 0 spiro atoms. The molecule has 0 saturated heterocycles. The number of hydrogen-bond donors (Lipinski definition) is 0. The minimum atomic E-state index is -0.549. The third-order valence-corrected chi connectivity index (χ3v) is 1.81. The molecule has 0 atom stereocenters. The molecule has 0 N–H and O–H groups in total. The van der Waals surface area contributed by atoms with Gasteiger partial charge in [0.2, 0.25) is 0 Å². The number of rotatable bonds is 1. The molecule has 0 nitrogen and oxygen atoms in total. The van der Waals surface area contributed by atoms with Crippen LogP contribution >= 0.6 is 15.9 Å². The lowest BCUT2D eigenvalue weighted by molar-refractivity contribution is 0.561. The molecule has 1 aromatic rings. The van der Waals surface area contributed by atoms with Crippen LogP contribution in [0.15, 0.2) is 16.6 Å². The van der Waals surface area contributed by atoms with Crippen LogP contribution < -0.4 is 0 Å². The normalized spacial score (nSPS) is 10.2. The Hall–Kier alpha value is -0.440. The zero-order chi connectivity index (χ0) is 8.43. The van der Waals surface area contributed by atoms with Gasteiger partial charge >= 0.3 is 0 Å². The van der Waals surface area contributed by atoms with Crippen LogP contribution in [0.1, 0.15) is 5.56 Å². The van der Waals surface area contributed by atoms with E-state index in [-0.39, 0.29) is 12.0 Å². The monoisotopic (exact) mass is 219 g/mol. The maximum atomic E-state index is 12.8. The highest BCUT2D eigenvalue weighted by Gasteiger charge is 2.07. The fraction of sp³-hybridized carbons (Fsp3) is 0.125. The van der Waals surface area contributed by atoms with Crippen LogP contribution in [-0.4, -0.2) is 0 Å². The van der Waals surface area contributed by atoms with E-state index in [2.05, 4.69) is 22.9 Å². The van der Waals surface area contributed by atoms with Gasteiger partial charge in [-0.05, 0) is 25.5 Å². The Balaban J connectivity index is 3.25. The second-order valence-corrected chi connectivity index (χ2v) is 3.01. The molecular formula is C8H6BrF2. The van der Waals surface area contributed by atoms with Crippen molar-refractivity contribution in [3.8, 4) is 0 Å². The summed E-state index contributed by atoms with van der Waals surface area (Å²) in [5.74, 6) is -1.10. The summed E-state index contributed by atoms with van der Waals surface area (Å²) < 4.78 is 26.0. The Morgan fingerprint density at radius 1 is 1.27 bits per heavy atom. The smallest absolute Gasteiger partial charge is 0.130 e. The highest BCUT2D eigenvalue weighted by atomic mass is 79.9. The summed E-state index contributed by atoms with van der Waals surface area (Å²) >= 11 is 2.98. The summed E-state index contributed by atoms with van der Waals surface area (Å²) in [5, 5.41) is 0. The van der Waals surface area contributed by atoms with Crippen LogP contribution in [0.25, 0.3) is 0 Å². The van der Waals surface area contributed by atoms with E-state index >= 15 is 0 Å². The Labute approximate surface area is 72.4 Å². The molecule has 0 aliphatic carbocycles. The summed E-state index contributed by atoms with van der Waals surface area (Å²) in [5.41, 5.74) is 0.0354. The van der Waals surface area contributed by atoms with E-state index < -0.39 is 11.6 Å².